The first-order valence-electron chi connectivity index (χ1n) is 10.8. The van der Waals surface area contributed by atoms with Gasteiger partial charge in [-0.3, -0.25) is 4.79 Å². The average Bonchev–Trinajstić information content (AvgIpc) is 3.12. The van der Waals surface area contributed by atoms with Crippen LogP contribution >= 0.6 is 0 Å². The van der Waals surface area contributed by atoms with E-state index in [0.717, 1.165) is 13.1 Å². The van der Waals surface area contributed by atoms with E-state index < -0.39 is 10.0 Å². The number of sulfonamides is 1. The van der Waals surface area contributed by atoms with Crippen LogP contribution in [0.3, 0.4) is 0 Å². The number of carbonyl (C=O) groups is 1. The lowest BCUT2D eigenvalue weighted by Gasteiger charge is -2.39. The van der Waals surface area contributed by atoms with Gasteiger partial charge in [0.2, 0.25) is 15.9 Å². The fourth-order valence-electron chi connectivity index (χ4n) is 4.58. The van der Waals surface area contributed by atoms with Crippen LogP contribution in [-0.4, -0.2) is 68.0 Å². The quantitative estimate of drug-likeness (QED) is 0.717. The monoisotopic (exact) mass is 446 g/mol. The van der Waals surface area contributed by atoms with Gasteiger partial charge in [-0.2, -0.15) is 4.31 Å². The van der Waals surface area contributed by atoms with Gasteiger partial charge in [-0.15, -0.1) is 0 Å². The Morgan fingerprint density at radius 1 is 1.03 bits per heavy atom. The van der Waals surface area contributed by atoms with Crippen molar-refractivity contribution in [2.45, 2.75) is 38.5 Å². The van der Waals surface area contributed by atoms with E-state index in [1.807, 2.05) is 4.90 Å². The Labute approximate surface area is 183 Å². The number of rotatable bonds is 4. The predicted molar refractivity (Wildman–Crippen MR) is 117 cm³/mol. The minimum absolute atomic E-state index is 0.123. The number of anilines is 1. The molecule has 31 heavy (non-hydrogen) atoms. The summed E-state index contributed by atoms with van der Waals surface area (Å²) in [6.07, 6.45) is 1.08. The molecular weight excluding hydrogens is 416 g/mol. The zero-order valence-corrected chi connectivity index (χ0v) is 19.2. The van der Waals surface area contributed by atoms with Crippen LogP contribution in [0.5, 0.6) is 0 Å². The number of aryl methyl sites for hydroxylation is 3. The summed E-state index contributed by atoms with van der Waals surface area (Å²) in [5, 5.41) is 3.77. The molecule has 4 rings (SSSR count). The number of carbonyl (C=O) groups excluding carboxylic acids is 1. The standard InChI is InChI=1S/C22H30N4O4S/c1-16-5-4-6-20(15-16)24-11-13-25(14-12-24)22(27)19-7-9-26(10-8-19)31(28,29)21-17(2)23-30-18(21)3/h4-6,15,19H,7-14H2,1-3H3. The van der Waals surface area contributed by atoms with Crippen molar-refractivity contribution in [3.8, 4) is 0 Å². The Kier molecular flexibility index (Phi) is 6.07. The van der Waals surface area contributed by atoms with Crippen LogP contribution in [-0.2, 0) is 14.8 Å². The molecular formula is C22H30N4O4S. The van der Waals surface area contributed by atoms with Gasteiger partial charge in [-0.1, -0.05) is 17.3 Å². The number of piperazine rings is 1. The molecule has 2 saturated heterocycles. The molecule has 1 amide bonds. The number of nitrogens with zero attached hydrogens (tertiary/aromatic N) is 4. The molecule has 0 saturated carbocycles. The molecule has 0 N–H and O–H groups in total. The number of aromatic nitrogens is 1. The summed E-state index contributed by atoms with van der Waals surface area (Å²) >= 11 is 0. The molecule has 0 unspecified atom stereocenters. The highest BCUT2D eigenvalue weighted by atomic mass is 32.2. The molecule has 0 radical (unpaired) electrons. The normalized spacial score (nSPS) is 19.1. The highest BCUT2D eigenvalue weighted by molar-refractivity contribution is 7.89. The molecule has 168 valence electrons. The first-order chi connectivity index (χ1) is 14.8. The summed E-state index contributed by atoms with van der Waals surface area (Å²) in [6, 6.07) is 8.43. The van der Waals surface area contributed by atoms with Crippen molar-refractivity contribution in [2.75, 3.05) is 44.2 Å². The lowest BCUT2D eigenvalue weighted by atomic mass is 9.96. The Morgan fingerprint density at radius 2 is 1.71 bits per heavy atom. The summed E-state index contributed by atoms with van der Waals surface area (Å²) < 4.78 is 32.5. The van der Waals surface area contributed by atoms with Crippen LogP contribution in [0.4, 0.5) is 5.69 Å². The minimum atomic E-state index is -3.65. The molecule has 0 atom stereocenters. The second kappa shape index (κ2) is 8.63. The largest absolute Gasteiger partial charge is 0.368 e. The van der Waals surface area contributed by atoms with Crippen molar-refractivity contribution in [1.82, 2.24) is 14.4 Å². The van der Waals surface area contributed by atoms with Crippen molar-refractivity contribution in [3.63, 3.8) is 0 Å². The van der Waals surface area contributed by atoms with Gasteiger partial charge in [0.05, 0.1) is 0 Å². The number of hydrogen-bond acceptors (Lipinski definition) is 6. The molecule has 1 aromatic heterocycles. The SMILES string of the molecule is Cc1cccc(N2CCN(C(=O)C3CCN(S(=O)(=O)c4c(C)noc4C)CC3)CC2)c1. The van der Waals surface area contributed by atoms with E-state index in [9.17, 15) is 13.2 Å². The first kappa shape index (κ1) is 21.8. The van der Waals surface area contributed by atoms with Gasteiger partial charge in [-0.25, -0.2) is 8.42 Å². The fourth-order valence-corrected chi connectivity index (χ4v) is 6.34. The summed E-state index contributed by atoms with van der Waals surface area (Å²) in [7, 11) is -3.65. The van der Waals surface area contributed by atoms with E-state index in [2.05, 4.69) is 41.2 Å². The van der Waals surface area contributed by atoms with Crippen LogP contribution < -0.4 is 4.90 Å². The van der Waals surface area contributed by atoms with E-state index >= 15 is 0 Å². The third-order valence-corrected chi connectivity index (χ3v) is 8.47. The second-order valence-electron chi connectivity index (χ2n) is 8.48. The number of amides is 1. The predicted octanol–water partition coefficient (Wildman–Crippen LogP) is 2.35. The third kappa shape index (κ3) is 4.34. The molecule has 2 fully saturated rings. The lowest BCUT2D eigenvalue weighted by Crippen LogP contribution is -2.52. The zero-order chi connectivity index (χ0) is 22.2. The maximum absolute atomic E-state index is 13.1. The van der Waals surface area contributed by atoms with Gasteiger partial charge in [0.15, 0.2) is 5.76 Å². The maximum Gasteiger partial charge on any atom is 0.248 e. The van der Waals surface area contributed by atoms with Gasteiger partial charge in [0.25, 0.3) is 0 Å². The van der Waals surface area contributed by atoms with Gasteiger partial charge in [0.1, 0.15) is 10.6 Å². The number of hydrogen-bond donors (Lipinski definition) is 0. The Hall–Kier alpha value is -2.39. The summed E-state index contributed by atoms with van der Waals surface area (Å²) in [5.74, 6) is 0.335. The summed E-state index contributed by atoms with van der Waals surface area (Å²) in [6.45, 7) is 9.03. The molecule has 9 heteroatoms. The summed E-state index contributed by atoms with van der Waals surface area (Å²) in [4.78, 5) is 17.5. The number of piperidine rings is 1. The molecule has 2 aromatic rings. The van der Waals surface area contributed by atoms with Crippen molar-refractivity contribution in [3.05, 3.63) is 41.3 Å². The molecule has 3 heterocycles. The Morgan fingerprint density at radius 3 is 2.29 bits per heavy atom. The highest BCUT2D eigenvalue weighted by Gasteiger charge is 2.37. The molecule has 0 spiro atoms. The molecule has 1 aromatic carbocycles. The van der Waals surface area contributed by atoms with Crippen LogP contribution in [0.2, 0.25) is 0 Å². The Bertz CT molecular complexity index is 1030. The van der Waals surface area contributed by atoms with E-state index in [1.165, 1.54) is 15.6 Å². The maximum atomic E-state index is 13.1. The van der Waals surface area contributed by atoms with Crippen molar-refractivity contribution in [1.29, 1.82) is 0 Å². The molecule has 2 aliphatic rings. The van der Waals surface area contributed by atoms with Crippen LogP contribution in [0.15, 0.2) is 33.7 Å². The fraction of sp³-hybridized carbons (Fsp3) is 0.545. The van der Waals surface area contributed by atoms with Gasteiger partial charge >= 0.3 is 0 Å². The highest BCUT2D eigenvalue weighted by Crippen LogP contribution is 2.29. The van der Waals surface area contributed by atoms with Gasteiger partial charge in [0, 0.05) is 50.9 Å². The number of benzene rings is 1. The van der Waals surface area contributed by atoms with Gasteiger partial charge < -0.3 is 14.3 Å². The molecule has 0 aliphatic carbocycles. The zero-order valence-electron chi connectivity index (χ0n) is 18.4. The van der Waals surface area contributed by atoms with E-state index in [1.54, 1.807) is 13.8 Å². The van der Waals surface area contributed by atoms with E-state index in [4.69, 9.17) is 4.52 Å². The summed E-state index contributed by atoms with van der Waals surface area (Å²) in [5.41, 5.74) is 2.81. The third-order valence-electron chi connectivity index (χ3n) is 6.33. The average molecular weight is 447 g/mol. The first-order valence-corrected chi connectivity index (χ1v) is 12.2. The Balaban J connectivity index is 1.33. The lowest BCUT2D eigenvalue weighted by molar-refractivity contribution is -0.137. The van der Waals surface area contributed by atoms with Crippen LogP contribution in [0, 0.1) is 26.7 Å². The van der Waals surface area contributed by atoms with Gasteiger partial charge in [-0.05, 0) is 51.3 Å². The molecule has 0 bridgehead atoms. The minimum Gasteiger partial charge on any atom is -0.368 e. The topological polar surface area (TPSA) is 87.0 Å². The van der Waals surface area contributed by atoms with Crippen LogP contribution in [0.1, 0.15) is 29.9 Å². The van der Waals surface area contributed by atoms with Crippen molar-refractivity contribution >= 4 is 21.6 Å². The van der Waals surface area contributed by atoms with E-state index in [-0.39, 0.29) is 16.7 Å². The second-order valence-corrected chi connectivity index (χ2v) is 10.4. The smallest absolute Gasteiger partial charge is 0.248 e. The molecule has 2 aliphatic heterocycles. The van der Waals surface area contributed by atoms with Crippen molar-refractivity contribution < 1.29 is 17.7 Å². The van der Waals surface area contributed by atoms with Crippen LogP contribution in [0.25, 0.3) is 0 Å². The van der Waals surface area contributed by atoms with Crippen molar-refractivity contribution in [2.24, 2.45) is 5.92 Å². The molecule has 8 nitrogen and oxygen atoms in total. The van der Waals surface area contributed by atoms with E-state index in [0.29, 0.717) is 50.5 Å².